The molecule has 76 valence electrons. The summed E-state index contributed by atoms with van der Waals surface area (Å²) in [7, 11) is 1.63. The zero-order valence-electron chi connectivity index (χ0n) is 8.30. The maximum Gasteiger partial charge on any atom is 0.159 e. The van der Waals surface area contributed by atoms with Gasteiger partial charge in [-0.3, -0.25) is 0 Å². The van der Waals surface area contributed by atoms with E-state index in [9.17, 15) is 0 Å². The smallest absolute Gasteiger partial charge is 0.159 e. The van der Waals surface area contributed by atoms with Crippen LogP contribution in [0.1, 0.15) is 11.7 Å². The van der Waals surface area contributed by atoms with Crippen LogP contribution in [-0.4, -0.2) is 23.7 Å². The van der Waals surface area contributed by atoms with Crippen LogP contribution in [0, 0.1) is 0 Å². The molecule has 0 radical (unpaired) electrons. The van der Waals surface area contributed by atoms with Crippen molar-refractivity contribution in [1.29, 1.82) is 0 Å². The molecule has 1 aliphatic heterocycles. The van der Waals surface area contributed by atoms with E-state index in [1.54, 1.807) is 19.5 Å². The highest BCUT2D eigenvalue weighted by Crippen LogP contribution is 2.34. The van der Waals surface area contributed by atoms with Crippen molar-refractivity contribution in [2.75, 3.05) is 13.7 Å². The number of hydrogen-bond acceptors (Lipinski definition) is 4. The first kappa shape index (κ1) is 8.61. The standard InChI is InChI=1S/C11H10N2O2/c1-14-7-4-9-8(10-6-15-10)2-3-12-11(9)13-5-7/h2-5,10H,6H2,1H3/t10-/m0/s1. The summed E-state index contributed by atoms with van der Waals surface area (Å²) in [6.45, 7) is 0.788. The minimum atomic E-state index is 0.212. The second-order valence-corrected chi connectivity index (χ2v) is 3.47. The summed E-state index contributed by atoms with van der Waals surface area (Å²) in [6, 6.07) is 3.92. The molecule has 4 nitrogen and oxygen atoms in total. The number of fused-ring (bicyclic) bond motifs is 1. The van der Waals surface area contributed by atoms with Crippen LogP contribution in [0.15, 0.2) is 24.5 Å². The van der Waals surface area contributed by atoms with Crippen LogP contribution in [-0.2, 0) is 4.74 Å². The zero-order chi connectivity index (χ0) is 10.3. The zero-order valence-corrected chi connectivity index (χ0v) is 8.30. The van der Waals surface area contributed by atoms with E-state index in [0.29, 0.717) is 0 Å². The van der Waals surface area contributed by atoms with E-state index in [4.69, 9.17) is 9.47 Å². The first-order valence-electron chi connectivity index (χ1n) is 4.79. The molecule has 3 rings (SSSR count). The van der Waals surface area contributed by atoms with E-state index in [1.165, 1.54) is 0 Å². The van der Waals surface area contributed by atoms with Crippen LogP contribution in [0.5, 0.6) is 5.75 Å². The first-order chi connectivity index (χ1) is 7.38. The largest absolute Gasteiger partial charge is 0.495 e. The van der Waals surface area contributed by atoms with Gasteiger partial charge in [-0.15, -0.1) is 0 Å². The van der Waals surface area contributed by atoms with Gasteiger partial charge in [-0.1, -0.05) is 0 Å². The third-order valence-electron chi connectivity index (χ3n) is 2.52. The van der Waals surface area contributed by atoms with Crippen LogP contribution >= 0.6 is 0 Å². The lowest BCUT2D eigenvalue weighted by Crippen LogP contribution is -1.91. The molecule has 0 aliphatic carbocycles. The van der Waals surface area contributed by atoms with Gasteiger partial charge in [0.2, 0.25) is 0 Å². The quantitative estimate of drug-likeness (QED) is 0.695. The highest BCUT2D eigenvalue weighted by molar-refractivity contribution is 5.80. The van der Waals surface area contributed by atoms with Gasteiger partial charge >= 0.3 is 0 Å². The summed E-state index contributed by atoms with van der Waals surface area (Å²) in [5.74, 6) is 0.748. The van der Waals surface area contributed by atoms with E-state index < -0.39 is 0 Å². The lowest BCUT2D eigenvalue weighted by Gasteiger charge is -2.04. The summed E-state index contributed by atoms with van der Waals surface area (Å²) in [4.78, 5) is 8.44. The second kappa shape index (κ2) is 3.17. The Morgan fingerprint density at radius 1 is 1.47 bits per heavy atom. The molecule has 1 saturated heterocycles. The topological polar surface area (TPSA) is 47.5 Å². The van der Waals surface area contributed by atoms with Crippen molar-refractivity contribution in [2.45, 2.75) is 6.10 Å². The van der Waals surface area contributed by atoms with E-state index in [2.05, 4.69) is 9.97 Å². The maximum atomic E-state index is 5.28. The molecule has 1 fully saturated rings. The SMILES string of the molecule is COc1cnc2nccc([C@@H]3CO3)c2c1. The van der Waals surface area contributed by atoms with Crippen molar-refractivity contribution in [2.24, 2.45) is 0 Å². The van der Waals surface area contributed by atoms with Crippen molar-refractivity contribution in [3.05, 3.63) is 30.1 Å². The Bertz CT molecular complexity index is 509. The molecule has 3 heterocycles. The fourth-order valence-electron chi connectivity index (χ4n) is 1.65. The van der Waals surface area contributed by atoms with E-state index >= 15 is 0 Å². The molecule has 0 saturated carbocycles. The van der Waals surface area contributed by atoms with Crippen molar-refractivity contribution in [3.8, 4) is 5.75 Å². The van der Waals surface area contributed by atoms with Gasteiger partial charge in [0.05, 0.1) is 19.9 Å². The fraction of sp³-hybridized carbons (Fsp3) is 0.273. The highest BCUT2D eigenvalue weighted by atomic mass is 16.6. The molecule has 15 heavy (non-hydrogen) atoms. The van der Waals surface area contributed by atoms with Crippen LogP contribution in [0.25, 0.3) is 11.0 Å². The minimum absolute atomic E-state index is 0.212. The molecular weight excluding hydrogens is 192 g/mol. The van der Waals surface area contributed by atoms with Gasteiger partial charge in [-0.05, 0) is 17.7 Å². The summed E-state index contributed by atoms with van der Waals surface area (Å²) in [5.41, 5.74) is 1.88. The predicted octanol–water partition coefficient (Wildman–Crippen LogP) is 1.71. The molecule has 1 aliphatic rings. The van der Waals surface area contributed by atoms with Crippen molar-refractivity contribution in [1.82, 2.24) is 9.97 Å². The number of methoxy groups -OCH3 is 1. The molecule has 0 spiro atoms. The van der Waals surface area contributed by atoms with E-state index in [0.717, 1.165) is 29.0 Å². The molecule has 1 atom stereocenters. The third-order valence-corrected chi connectivity index (χ3v) is 2.52. The summed E-state index contributed by atoms with van der Waals surface area (Å²) < 4.78 is 10.4. The molecule has 0 N–H and O–H groups in total. The van der Waals surface area contributed by atoms with Crippen LogP contribution in [0.4, 0.5) is 0 Å². The maximum absolute atomic E-state index is 5.28. The second-order valence-electron chi connectivity index (χ2n) is 3.47. The van der Waals surface area contributed by atoms with Gasteiger partial charge < -0.3 is 9.47 Å². The van der Waals surface area contributed by atoms with Crippen molar-refractivity contribution >= 4 is 11.0 Å². The third kappa shape index (κ3) is 1.43. The average Bonchev–Trinajstić information content (AvgIpc) is 3.11. The van der Waals surface area contributed by atoms with Gasteiger partial charge in [0.15, 0.2) is 5.65 Å². The van der Waals surface area contributed by atoms with Crippen LogP contribution < -0.4 is 4.74 Å². The van der Waals surface area contributed by atoms with Gasteiger partial charge in [0.25, 0.3) is 0 Å². The Morgan fingerprint density at radius 2 is 2.33 bits per heavy atom. The minimum Gasteiger partial charge on any atom is -0.495 e. The molecule has 0 unspecified atom stereocenters. The molecule has 0 amide bonds. The number of nitrogens with zero attached hydrogens (tertiary/aromatic N) is 2. The average molecular weight is 202 g/mol. The summed E-state index contributed by atoms with van der Waals surface area (Å²) in [6.07, 6.45) is 3.65. The molecular formula is C11H10N2O2. The number of rotatable bonds is 2. The Kier molecular flexibility index (Phi) is 1.82. The summed E-state index contributed by atoms with van der Waals surface area (Å²) >= 11 is 0. The van der Waals surface area contributed by atoms with Gasteiger partial charge in [-0.2, -0.15) is 0 Å². The van der Waals surface area contributed by atoms with Crippen molar-refractivity contribution < 1.29 is 9.47 Å². The Hall–Kier alpha value is -1.68. The first-order valence-corrected chi connectivity index (χ1v) is 4.79. The monoisotopic (exact) mass is 202 g/mol. The van der Waals surface area contributed by atoms with Crippen molar-refractivity contribution in [3.63, 3.8) is 0 Å². The van der Waals surface area contributed by atoms with Gasteiger partial charge in [0.1, 0.15) is 11.9 Å². The molecule has 4 heteroatoms. The normalized spacial score (nSPS) is 19.1. The highest BCUT2D eigenvalue weighted by Gasteiger charge is 2.27. The Morgan fingerprint density at radius 3 is 3.07 bits per heavy atom. The molecule has 0 bridgehead atoms. The molecule has 0 aromatic carbocycles. The van der Waals surface area contributed by atoms with Gasteiger partial charge in [0, 0.05) is 11.6 Å². The number of hydrogen-bond donors (Lipinski definition) is 0. The number of ether oxygens (including phenoxy) is 2. The van der Waals surface area contributed by atoms with E-state index in [-0.39, 0.29) is 6.10 Å². The lowest BCUT2D eigenvalue weighted by atomic mass is 10.1. The molecule has 2 aromatic rings. The van der Waals surface area contributed by atoms with Gasteiger partial charge in [-0.25, -0.2) is 9.97 Å². The molecule has 2 aromatic heterocycles. The summed E-state index contributed by atoms with van der Waals surface area (Å²) in [5, 5.41) is 1.01. The van der Waals surface area contributed by atoms with Crippen LogP contribution in [0.3, 0.4) is 0 Å². The Balaban J connectivity index is 2.25. The van der Waals surface area contributed by atoms with Crippen LogP contribution in [0.2, 0.25) is 0 Å². The van der Waals surface area contributed by atoms with E-state index in [1.807, 2.05) is 12.1 Å². The lowest BCUT2D eigenvalue weighted by molar-refractivity contribution is 0.412. The fourth-order valence-corrected chi connectivity index (χ4v) is 1.65. The Labute approximate surface area is 86.9 Å². The number of pyridine rings is 2. The number of epoxide rings is 1. The number of aromatic nitrogens is 2. The predicted molar refractivity (Wildman–Crippen MR) is 54.8 cm³/mol.